The summed E-state index contributed by atoms with van der Waals surface area (Å²) in [6, 6.07) is 8.02. The highest BCUT2D eigenvalue weighted by molar-refractivity contribution is 7.98. The zero-order valence-electron chi connectivity index (χ0n) is 17.2. The number of esters is 1. The zero-order chi connectivity index (χ0) is 21.9. The number of terminal acetylenes is 1. The fourth-order valence-electron chi connectivity index (χ4n) is 2.10. The summed E-state index contributed by atoms with van der Waals surface area (Å²) in [4.78, 5) is 36.5. The number of nitrogens with one attached hydrogen (secondary N) is 2. The topological polar surface area (TPSA) is 93.7 Å². The lowest BCUT2D eigenvalue weighted by Gasteiger charge is -2.25. The van der Waals surface area contributed by atoms with Gasteiger partial charge >= 0.3 is 12.1 Å². The summed E-state index contributed by atoms with van der Waals surface area (Å²) < 4.78 is 10.1. The van der Waals surface area contributed by atoms with E-state index in [4.69, 9.17) is 11.2 Å². The molecule has 0 heterocycles. The van der Waals surface area contributed by atoms with E-state index in [1.54, 1.807) is 20.8 Å². The number of rotatable bonds is 9. The molecule has 8 heteroatoms. The molecule has 2 atom stereocenters. The molecule has 1 aromatic carbocycles. The summed E-state index contributed by atoms with van der Waals surface area (Å²) in [7, 11) is 0. The van der Waals surface area contributed by atoms with Crippen LogP contribution >= 0.6 is 11.8 Å². The van der Waals surface area contributed by atoms with E-state index in [9.17, 15) is 14.4 Å². The number of hydrogen-bond donors (Lipinski definition) is 2. The van der Waals surface area contributed by atoms with Gasteiger partial charge in [-0.15, -0.1) is 6.42 Å². The van der Waals surface area contributed by atoms with Crippen LogP contribution in [0, 0.1) is 12.3 Å². The van der Waals surface area contributed by atoms with E-state index in [-0.39, 0.29) is 6.61 Å². The van der Waals surface area contributed by atoms with Gasteiger partial charge < -0.3 is 20.1 Å². The standard InChI is InChI=1S/C21H28N2O5S/c1-6-12-27-20(26)22-15(2)18(24)23-17(19(25)28-21(3,4)5)14-29-13-16-10-8-7-9-11-16/h1,7-11,15,17H,12-14H2,2-5H3,(H,22,26)(H,23,24)/t15-,17-/m0/s1. The quantitative estimate of drug-likeness (QED) is 0.471. The Morgan fingerprint density at radius 2 is 1.83 bits per heavy atom. The molecule has 0 fully saturated rings. The molecular weight excluding hydrogens is 392 g/mol. The molecule has 1 aromatic rings. The Labute approximate surface area is 176 Å². The number of thioether (sulfide) groups is 1. The van der Waals surface area contributed by atoms with Gasteiger partial charge in [0.1, 0.15) is 17.7 Å². The molecule has 0 aliphatic rings. The first-order valence-electron chi connectivity index (χ1n) is 9.14. The molecule has 2 N–H and O–H groups in total. The maximum Gasteiger partial charge on any atom is 0.408 e. The minimum absolute atomic E-state index is 0.198. The van der Waals surface area contributed by atoms with E-state index >= 15 is 0 Å². The van der Waals surface area contributed by atoms with Crippen molar-refractivity contribution < 1.29 is 23.9 Å². The molecule has 7 nitrogen and oxygen atoms in total. The number of benzene rings is 1. The summed E-state index contributed by atoms with van der Waals surface area (Å²) in [5.41, 5.74) is 0.422. The third kappa shape index (κ3) is 10.5. The monoisotopic (exact) mass is 420 g/mol. The average molecular weight is 421 g/mol. The van der Waals surface area contributed by atoms with Gasteiger partial charge in [0.05, 0.1) is 0 Å². The van der Waals surface area contributed by atoms with Gasteiger partial charge in [0.15, 0.2) is 6.61 Å². The van der Waals surface area contributed by atoms with Crippen molar-refractivity contribution in [2.24, 2.45) is 0 Å². The first-order chi connectivity index (χ1) is 13.6. The summed E-state index contributed by atoms with van der Waals surface area (Å²) in [5, 5.41) is 5.00. The second-order valence-electron chi connectivity index (χ2n) is 7.24. The molecule has 2 amide bonds. The largest absolute Gasteiger partial charge is 0.458 e. The SMILES string of the molecule is C#CCOC(=O)N[C@@H](C)C(=O)N[C@@H](CSCc1ccccc1)C(=O)OC(C)(C)C. The second kappa shape index (κ2) is 12.0. The van der Waals surface area contributed by atoms with E-state index in [0.29, 0.717) is 11.5 Å². The van der Waals surface area contributed by atoms with E-state index in [1.165, 1.54) is 18.7 Å². The van der Waals surface area contributed by atoms with Crippen molar-refractivity contribution in [3.8, 4) is 12.3 Å². The molecule has 0 bridgehead atoms. The maximum absolute atomic E-state index is 12.5. The van der Waals surface area contributed by atoms with Crippen molar-refractivity contribution in [3.63, 3.8) is 0 Å². The smallest absolute Gasteiger partial charge is 0.408 e. The molecule has 0 aliphatic heterocycles. The number of carbonyl (C=O) groups excluding carboxylic acids is 3. The van der Waals surface area contributed by atoms with Crippen LogP contribution in [0.25, 0.3) is 0 Å². The summed E-state index contributed by atoms with van der Waals surface area (Å²) >= 11 is 1.50. The highest BCUT2D eigenvalue weighted by atomic mass is 32.2. The van der Waals surface area contributed by atoms with Crippen LogP contribution in [0.1, 0.15) is 33.3 Å². The van der Waals surface area contributed by atoms with E-state index in [1.807, 2.05) is 30.3 Å². The fraction of sp³-hybridized carbons (Fsp3) is 0.476. The van der Waals surface area contributed by atoms with Crippen molar-refractivity contribution in [1.29, 1.82) is 0 Å². The molecule has 29 heavy (non-hydrogen) atoms. The minimum Gasteiger partial charge on any atom is -0.458 e. The van der Waals surface area contributed by atoms with Gasteiger partial charge in [0.25, 0.3) is 0 Å². The van der Waals surface area contributed by atoms with Gasteiger partial charge in [-0.1, -0.05) is 36.3 Å². The van der Waals surface area contributed by atoms with Gasteiger partial charge in [-0.3, -0.25) is 4.79 Å². The molecule has 0 radical (unpaired) electrons. The third-order valence-corrected chi connectivity index (χ3v) is 4.52. The Hall–Kier alpha value is -2.66. The Bertz CT molecular complexity index is 725. The molecule has 0 saturated carbocycles. The van der Waals surface area contributed by atoms with Crippen molar-refractivity contribution in [2.75, 3.05) is 12.4 Å². The van der Waals surface area contributed by atoms with Crippen molar-refractivity contribution >= 4 is 29.7 Å². The summed E-state index contributed by atoms with van der Waals surface area (Å²) in [5.74, 6) is 2.10. The lowest BCUT2D eigenvalue weighted by Crippen LogP contribution is -2.52. The Balaban J connectivity index is 2.68. The number of ether oxygens (including phenoxy) is 2. The summed E-state index contributed by atoms with van der Waals surface area (Å²) in [6.07, 6.45) is 4.21. The number of alkyl carbamates (subject to hydrolysis) is 1. The van der Waals surface area contributed by atoms with Crippen LogP contribution in [0.2, 0.25) is 0 Å². The normalized spacial score (nSPS) is 12.8. The van der Waals surface area contributed by atoms with Crippen LogP contribution in [0.15, 0.2) is 30.3 Å². The molecule has 0 aromatic heterocycles. The van der Waals surface area contributed by atoms with Crippen molar-refractivity contribution in [2.45, 2.75) is 51.1 Å². The van der Waals surface area contributed by atoms with E-state index in [0.717, 1.165) is 5.56 Å². The molecule has 0 aliphatic carbocycles. The van der Waals surface area contributed by atoms with Gasteiger partial charge in [-0.05, 0) is 33.3 Å². The van der Waals surface area contributed by atoms with Gasteiger partial charge in [0, 0.05) is 11.5 Å². The van der Waals surface area contributed by atoms with E-state index in [2.05, 4.69) is 21.3 Å². The molecular formula is C21H28N2O5S. The van der Waals surface area contributed by atoms with Crippen molar-refractivity contribution in [3.05, 3.63) is 35.9 Å². The molecule has 0 saturated heterocycles. The number of amides is 2. The zero-order valence-corrected chi connectivity index (χ0v) is 18.0. The average Bonchev–Trinajstić information content (AvgIpc) is 2.64. The maximum atomic E-state index is 12.5. The predicted molar refractivity (Wildman–Crippen MR) is 113 cm³/mol. The predicted octanol–water partition coefficient (Wildman–Crippen LogP) is 2.49. The highest BCUT2D eigenvalue weighted by Gasteiger charge is 2.28. The van der Waals surface area contributed by atoms with Gasteiger partial charge in [-0.2, -0.15) is 11.8 Å². The van der Waals surface area contributed by atoms with Crippen LogP contribution in [-0.4, -0.2) is 48.0 Å². The first kappa shape index (κ1) is 24.4. The Morgan fingerprint density at radius 3 is 2.41 bits per heavy atom. The third-order valence-electron chi connectivity index (χ3n) is 3.42. The lowest BCUT2D eigenvalue weighted by molar-refractivity contribution is -0.158. The second-order valence-corrected chi connectivity index (χ2v) is 8.27. The van der Waals surface area contributed by atoms with E-state index < -0.39 is 35.7 Å². The number of carbonyl (C=O) groups is 3. The highest BCUT2D eigenvalue weighted by Crippen LogP contribution is 2.15. The molecule has 0 unspecified atom stereocenters. The van der Waals surface area contributed by atoms with Gasteiger partial charge in [0.2, 0.25) is 5.91 Å². The first-order valence-corrected chi connectivity index (χ1v) is 10.3. The molecule has 1 rings (SSSR count). The summed E-state index contributed by atoms with van der Waals surface area (Å²) in [6.45, 7) is 6.55. The van der Waals surface area contributed by atoms with Crippen LogP contribution < -0.4 is 10.6 Å². The van der Waals surface area contributed by atoms with Crippen LogP contribution in [0.5, 0.6) is 0 Å². The fourth-order valence-corrected chi connectivity index (χ4v) is 3.10. The number of hydrogen-bond acceptors (Lipinski definition) is 6. The van der Waals surface area contributed by atoms with Crippen LogP contribution in [0.3, 0.4) is 0 Å². The van der Waals surface area contributed by atoms with Gasteiger partial charge in [-0.25, -0.2) is 9.59 Å². The van der Waals surface area contributed by atoms with Crippen LogP contribution in [-0.2, 0) is 24.8 Å². The Morgan fingerprint density at radius 1 is 1.17 bits per heavy atom. The minimum atomic E-state index is -0.913. The van der Waals surface area contributed by atoms with Crippen LogP contribution in [0.4, 0.5) is 4.79 Å². The lowest BCUT2D eigenvalue weighted by atomic mass is 10.2. The molecule has 0 spiro atoms. The molecule has 158 valence electrons. The van der Waals surface area contributed by atoms with Crippen molar-refractivity contribution in [1.82, 2.24) is 10.6 Å². The Kier molecular flexibility index (Phi) is 10.1.